The fourth-order valence-electron chi connectivity index (χ4n) is 2.01. The predicted octanol–water partition coefficient (Wildman–Crippen LogP) is 0.608. The first-order valence-electron chi connectivity index (χ1n) is 6.24. The first kappa shape index (κ1) is 14.2. The number of fused-ring (bicyclic) bond motifs is 1. The van der Waals surface area contributed by atoms with E-state index < -0.39 is 0 Å². The summed E-state index contributed by atoms with van der Waals surface area (Å²) in [6.07, 6.45) is 1.69. The third kappa shape index (κ3) is 3.03. The van der Waals surface area contributed by atoms with Crippen molar-refractivity contribution in [3.63, 3.8) is 0 Å². The van der Waals surface area contributed by atoms with Gasteiger partial charge in [-0.05, 0) is 25.6 Å². The Labute approximate surface area is 116 Å². The second-order valence-electron chi connectivity index (χ2n) is 4.72. The molecule has 0 aliphatic rings. The van der Waals surface area contributed by atoms with Crippen LogP contribution in [0.1, 0.15) is 11.3 Å². The number of methoxy groups -OCH3 is 1. The van der Waals surface area contributed by atoms with Gasteiger partial charge in [0.15, 0.2) is 0 Å². The number of esters is 1. The summed E-state index contributed by atoms with van der Waals surface area (Å²) in [6.45, 7) is 2.48. The van der Waals surface area contributed by atoms with Gasteiger partial charge in [0.1, 0.15) is 5.65 Å². The molecule has 2 aromatic rings. The highest BCUT2D eigenvalue weighted by Crippen LogP contribution is 2.06. The van der Waals surface area contributed by atoms with Crippen molar-refractivity contribution in [2.24, 2.45) is 0 Å². The third-order valence-corrected chi connectivity index (χ3v) is 3.00. The van der Waals surface area contributed by atoms with E-state index in [1.165, 1.54) is 17.6 Å². The van der Waals surface area contributed by atoms with Crippen molar-refractivity contribution in [1.82, 2.24) is 14.3 Å². The molecular weight excluding hydrogens is 258 g/mol. The first-order chi connectivity index (χ1) is 9.51. The zero-order valence-corrected chi connectivity index (χ0v) is 11.8. The minimum Gasteiger partial charge on any atom is -0.468 e. The molecule has 2 heterocycles. The summed E-state index contributed by atoms with van der Waals surface area (Å²) in [5, 5.41) is 0. The minimum absolute atomic E-state index is 0.125. The van der Waals surface area contributed by atoms with Crippen LogP contribution < -0.4 is 5.56 Å². The van der Waals surface area contributed by atoms with Crippen LogP contribution in [0.2, 0.25) is 0 Å². The van der Waals surface area contributed by atoms with Crippen LogP contribution in [0.4, 0.5) is 0 Å². The summed E-state index contributed by atoms with van der Waals surface area (Å²) < 4.78 is 6.12. The zero-order chi connectivity index (χ0) is 14.7. The van der Waals surface area contributed by atoms with Gasteiger partial charge in [0, 0.05) is 18.8 Å². The van der Waals surface area contributed by atoms with Crippen molar-refractivity contribution in [1.29, 1.82) is 0 Å². The number of hydrogen-bond donors (Lipinski definition) is 0. The molecule has 0 radical (unpaired) electrons. The van der Waals surface area contributed by atoms with Gasteiger partial charge in [-0.2, -0.15) is 0 Å². The quantitative estimate of drug-likeness (QED) is 0.765. The van der Waals surface area contributed by atoms with E-state index in [1.54, 1.807) is 18.1 Å². The minimum atomic E-state index is -0.318. The smallest absolute Gasteiger partial charge is 0.319 e. The Morgan fingerprint density at radius 2 is 2.25 bits per heavy atom. The van der Waals surface area contributed by atoms with Gasteiger partial charge in [0.05, 0.1) is 19.3 Å². The molecule has 0 atom stereocenters. The summed E-state index contributed by atoms with van der Waals surface area (Å²) in [6, 6.07) is 5.21. The fraction of sp³-hybridized carbons (Fsp3) is 0.357. The van der Waals surface area contributed by atoms with E-state index in [0.29, 0.717) is 17.9 Å². The third-order valence-electron chi connectivity index (χ3n) is 3.00. The van der Waals surface area contributed by atoms with Crippen molar-refractivity contribution in [3.8, 4) is 0 Å². The second kappa shape index (κ2) is 5.83. The molecule has 0 bridgehead atoms. The van der Waals surface area contributed by atoms with Gasteiger partial charge in [0.25, 0.3) is 5.56 Å². The molecule has 6 nitrogen and oxygen atoms in total. The standard InChI is InChI=1S/C14H17N3O3/c1-10-5-4-6-17-12(18)7-11(15-14(10)17)8-16(2)9-13(19)20-3/h4-7H,8-9H2,1-3H3. The summed E-state index contributed by atoms with van der Waals surface area (Å²) in [7, 11) is 3.12. The molecule has 0 amide bonds. The lowest BCUT2D eigenvalue weighted by Crippen LogP contribution is -2.28. The van der Waals surface area contributed by atoms with Gasteiger partial charge >= 0.3 is 5.97 Å². The van der Waals surface area contributed by atoms with E-state index in [-0.39, 0.29) is 18.1 Å². The van der Waals surface area contributed by atoms with Crippen LogP contribution in [0.5, 0.6) is 0 Å². The molecule has 0 aliphatic carbocycles. The van der Waals surface area contributed by atoms with Gasteiger partial charge in [-0.1, -0.05) is 6.07 Å². The van der Waals surface area contributed by atoms with Crippen molar-refractivity contribution in [3.05, 3.63) is 46.0 Å². The lowest BCUT2D eigenvalue weighted by Gasteiger charge is -2.14. The van der Waals surface area contributed by atoms with Gasteiger partial charge < -0.3 is 4.74 Å². The SMILES string of the molecule is COC(=O)CN(C)Cc1cc(=O)n2cccc(C)c2n1. The number of aryl methyl sites for hydroxylation is 1. The normalized spacial score (nSPS) is 11.0. The largest absolute Gasteiger partial charge is 0.468 e. The molecule has 0 saturated heterocycles. The molecule has 106 valence electrons. The second-order valence-corrected chi connectivity index (χ2v) is 4.72. The highest BCUT2D eigenvalue weighted by atomic mass is 16.5. The summed E-state index contributed by atoms with van der Waals surface area (Å²) in [5.74, 6) is -0.318. The van der Waals surface area contributed by atoms with Crippen LogP contribution in [0, 0.1) is 6.92 Å². The van der Waals surface area contributed by atoms with E-state index in [9.17, 15) is 9.59 Å². The summed E-state index contributed by atoms with van der Waals surface area (Å²) in [4.78, 5) is 29.5. The lowest BCUT2D eigenvalue weighted by atomic mass is 10.3. The number of hydrogen-bond acceptors (Lipinski definition) is 5. The number of ether oxygens (including phenoxy) is 1. The number of nitrogens with zero attached hydrogens (tertiary/aromatic N) is 3. The Morgan fingerprint density at radius 1 is 1.50 bits per heavy atom. The molecule has 2 rings (SSSR count). The number of carbonyl (C=O) groups is 1. The fourth-order valence-corrected chi connectivity index (χ4v) is 2.01. The highest BCUT2D eigenvalue weighted by molar-refractivity contribution is 5.71. The van der Waals surface area contributed by atoms with E-state index in [1.807, 2.05) is 19.1 Å². The first-order valence-corrected chi connectivity index (χ1v) is 6.24. The number of pyridine rings is 1. The van der Waals surface area contributed by atoms with E-state index in [0.717, 1.165) is 5.56 Å². The monoisotopic (exact) mass is 275 g/mol. The van der Waals surface area contributed by atoms with Crippen molar-refractivity contribution in [2.45, 2.75) is 13.5 Å². The Hall–Kier alpha value is -2.21. The van der Waals surface area contributed by atoms with Gasteiger partial charge in [-0.15, -0.1) is 0 Å². The molecule has 0 saturated carbocycles. The lowest BCUT2D eigenvalue weighted by molar-refractivity contribution is -0.141. The maximum atomic E-state index is 12.0. The molecule has 0 fully saturated rings. The topological polar surface area (TPSA) is 63.9 Å². The molecule has 0 aliphatic heterocycles. The van der Waals surface area contributed by atoms with Crippen LogP contribution in [0.15, 0.2) is 29.2 Å². The van der Waals surface area contributed by atoms with Crippen molar-refractivity contribution >= 4 is 11.6 Å². The molecule has 2 aromatic heterocycles. The van der Waals surface area contributed by atoms with E-state index in [4.69, 9.17) is 0 Å². The summed E-state index contributed by atoms with van der Waals surface area (Å²) >= 11 is 0. The molecule has 0 aromatic carbocycles. The van der Waals surface area contributed by atoms with E-state index >= 15 is 0 Å². The Bertz CT molecular complexity index is 694. The average Bonchev–Trinajstić information content (AvgIpc) is 2.40. The Kier molecular flexibility index (Phi) is 4.14. The molecule has 6 heteroatoms. The van der Waals surface area contributed by atoms with E-state index in [2.05, 4.69) is 9.72 Å². The summed E-state index contributed by atoms with van der Waals surface area (Å²) in [5.41, 5.74) is 2.08. The van der Waals surface area contributed by atoms with Crippen LogP contribution in [0.3, 0.4) is 0 Å². The Morgan fingerprint density at radius 3 is 2.95 bits per heavy atom. The number of aromatic nitrogens is 2. The van der Waals surface area contributed by atoms with Crippen LogP contribution in [-0.4, -0.2) is 41.0 Å². The van der Waals surface area contributed by atoms with Crippen molar-refractivity contribution < 1.29 is 9.53 Å². The van der Waals surface area contributed by atoms with Crippen LogP contribution in [0.25, 0.3) is 5.65 Å². The predicted molar refractivity (Wildman–Crippen MR) is 74.5 cm³/mol. The van der Waals surface area contributed by atoms with Gasteiger partial charge in [0.2, 0.25) is 0 Å². The van der Waals surface area contributed by atoms with Gasteiger partial charge in [-0.3, -0.25) is 18.9 Å². The average molecular weight is 275 g/mol. The maximum Gasteiger partial charge on any atom is 0.319 e. The molecule has 20 heavy (non-hydrogen) atoms. The molecule has 0 N–H and O–H groups in total. The van der Waals surface area contributed by atoms with Gasteiger partial charge in [-0.25, -0.2) is 4.98 Å². The van der Waals surface area contributed by atoms with Crippen LogP contribution >= 0.6 is 0 Å². The zero-order valence-electron chi connectivity index (χ0n) is 11.8. The number of carbonyl (C=O) groups excluding carboxylic acids is 1. The highest BCUT2D eigenvalue weighted by Gasteiger charge is 2.10. The Balaban J connectivity index is 2.30. The molecular formula is C14H17N3O3. The van der Waals surface area contributed by atoms with Crippen molar-refractivity contribution in [2.75, 3.05) is 20.7 Å². The molecule has 0 unspecified atom stereocenters. The number of likely N-dealkylation sites (N-methyl/N-ethyl adjacent to an activating group) is 1. The number of rotatable bonds is 4. The molecule has 0 spiro atoms. The van der Waals surface area contributed by atoms with Crippen LogP contribution in [-0.2, 0) is 16.1 Å². The maximum absolute atomic E-state index is 12.0.